The van der Waals surface area contributed by atoms with Crippen LogP contribution in [0.25, 0.3) is 0 Å². The number of halogens is 3. The van der Waals surface area contributed by atoms with E-state index in [2.05, 4.69) is 4.74 Å². The van der Waals surface area contributed by atoms with Crippen molar-refractivity contribution in [1.82, 2.24) is 4.31 Å². The van der Waals surface area contributed by atoms with E-state index in [1.165, 1.54) is 19.2 Å². The Kier molecular flexibility index (Phi) is 5.52. The maximum Gasteiger partial charge on any atom is 0.573 e. The molecule has 0 atom stereocenters. The summed E-state index contributed by atoms with van der Waals surface area (Å²) in [7, 11) is -2.63. The lowest BCUT2D eigenvalue weighted by atomic mass is 10.2. The Morgan fingerprint density at radius 2 is 1.62 bits per heavy atom. The smallest absolute Gasteiger partial charge is 0.406 e. The van der Waals surface area contributed by atoms with Crippen LogP contribution in [0.15, 0.2) is 53.4 Å². The second kappa shape index (κ2) is 7.30. The number of hydrogen-bond donors (Lipinski definition) is 0. The summed E-state index contributed by atoms with van der Waals surface area (Å²) in [4.78, 5) is 9.83. The lowest BCUT2D eigenvalue weighted by Crippen LogP contribution is -2.26. The van der Waals surface area contributed by atoms with Crippen LogP contribution < -0.4 is 4.74 Å². The molecule has 0 unspecified atom stereocenters. The van der Waals surface area contributed by atoms with Crippen molar-refractivity contribution in [2.24, 2.45) is 0 Å². The molecule has 0 fully saturated rings. The molecule has 0 radical (unpaired) electrons. The Labute approximate surface area is 146 Å². The number of benzene rings is 2. The molecule has 0 aliphatic heterocycles. The Hall–Kier alpha value is -2.66. The van der Waals surface area contributed by atoms with Crippen LogP contribution in [0.2, 0.25) is 0 Å². The second-order valence-corrected chi connectivity index (χ2v) is 7.25. The SMILES string of the molecule is CN(Cc1ccc(OC(F)(F)F)cc1)S(=O)(=O)c1ccc([N+](=O)[O-])cc1. The highest BCUT2D eigenvalue weighted by Crippen LogP contribution is 2.24. The van der Waals surface area contributed by atoms with Gasteiger partial charge < -0.3 is 4.74 Å². The molecule has 0 heterocycles. The Balaban J connectivity index is 2.12. The zero-order valence-electron chi connectivity index (χ0n) is 13.3. The number of ether oxygens (including phenoxy) is 1. The minimum atomic E-state index is -4.81. The molecular weight excluding hydrogens is 377 g/mol. The minimum Gasteiger partial charge on any atom is -0.406 e. The normalized spacial score (nSPS) is 12.2. The number of nitro groups is 1. The molecule has 2 rings (SSSR count). The summed E-state index contributed by atoms with van der Waals surface area (Å²) in [5.41, 5.74) is 0.194. The summed E-state index contributed by atoms with van der Waals surface area (Å²) >= 11 is 0. The first-order chi connectivity index (χ1) is 12.0. The quantitative estimate of drug-likeness (QED) is 0.558. The van der Waals surface area contributed by atoms with Gasteiger partial charge >= 0.3 is 6.36 Å². The van der Waals surface area contributed by atoms with Gasteiger partial charge in [0.2, 0.25) is 10.0 Å². The van der Waals surface area contributed by atoms with E-state index in [1.54, 1.807) is 0 Å². The standard InChI is InChI=1S/C15H13F3N2O5S/c1-19(10-11-2-6-13(7-3-11)25-15(16,17)18)26(23,24)14-8-4-12(5-9-14)20(21)22/h2-9H,10H2,1H3. The van der Waals surface area contributed by atoms with Gasteiger partial charge in [-0.2, -0.15) is 4.31 Å². The van der Waals surface area contributed by atoms with Gasteiger partial charge in [-0.1, -0.05) is 12.1 Å². The van der Waals surface area contributed by atoms with E-state index in [4.69, 9.17) is 0 Å². The highest BCUT2D eigenvalue weighted by Gasteiger charge is 2.31. The van der Waals surface area contributed by atoms with E-state index >= 15 is 0 Å². The van der Waals surface area contributed by atoms with Crippen molar-refractivity contribution >= 4 is 15.7 Å². The molecule has 0 saturated heterocycles. The van der Waals surface area contributed by atoms with Crippen LogP contribution in [0.1, 0.15) is 5.56 Å². The van der Waals surface area contributed by atoms with E-state index < -0.39 is 27.1 Å². The minimum absolute atomic E-state index is 0.106. The average Bonchev–Trinajstić information content (AvgIpc) is 2.55. The van der Waals surface area contributed by atoms with Gasteiger partial charge in [-0.15, -0.1) is 13.2 Å². The number of nitrogens with zero attached hydrogens (tertiary/aromatic N) is 2. The van der Waals surface area contributed by atoms with E-state index in [-0.39, 0.29) is 17.1 Å². The fourth-order valence-electron chi connectivity index (χ4n) is 2.06. The van der Waals surface area contributed by atoms with Crippen LogP contribution in [0, 0.1) is 10.1 Å². The van der Waals surface area contributed by atoms with Crippen molar-refractivity contribution in [2.75, 3.05) is 7.05 Å². The van der Waals surface area contributed by atoms with Gasteiger partial charge in [0.15, 0.2) is 0 Å². The Morgan fingerprint density at radius 1 is 1.08 bits per heavy atom. The van der Waals surface area contributed by atoms with Crippen LogP contribution >= 0.6 is 0 Å². The van der Waals surface area contributed by atoms with Gasteiger partial charge in [0.25, 0.3) is 5.69 Å². The highest BCUT2D eigenvalue weighted by atomic mass is 32.2. The molecule has 0 amide bonds. The van der Waals surface area contributed by atoms with Gasteiger partial charge in [-0.25, -0.2) is 8.42 Å². The van der Waals surface area contributed by atoms with Gasteiger partial charge in [-0.3, -0.25) is 10.1 Å². The van der Waals surface area contributed by atoms with Crippen LogP contribution in [0.3, 0.4) is 0 Å². The molecule has 2 aromatic carbocycles. The van der Waals surface area contributed by atoms with Crippen LogP contribution in [0.4, 0.5) is 18.9 Å². The van der Waals surface area contributed by atoms with Crippen molar-refractivity contribution in [1.29, 1.82) is 0 Å². The number of sulfonamides is 1. The zero-order chi connectivity index (χ0) is 19.5. The van der Waals surface area contributed by atoms with Crippen molar-refractivity contribution < 1.29 is 31.2 Å². The third-order valence-electron chi connectivity index (χ3n) is 3.32. The lowest BCUT2D eigenvalue weighted by Gasteiger charge is -2.17. The first-order valence-corrected chi connectivity index (χ1v) is 8.48. The monoisotopic (exact) mass is 390 g/mol. The van der Waals surface area contributed by atoms with Crippen molar-refractivity contribution in [3.05, 3.63) is 64.2 Å². The Morgan fingerprint density at radius 3 is 2.08 bits per heavy atom. The average molecular weight is 390 g/mol. The first-order valence-electron chi connectivity index (χ1n) is 7.04. The molecule has 0 aromatic heterocycles. The number of nitro benzene ring substituents is 1. The van der Waals surface area contributed by atoms with E-state index in [0.717, 1.165) is 40.7 Å². The number of rotatable bonds is 6. The summed E-state index contributed by atoms with van der Waals surface area (Å²) in [6, 6.07) is 9.15. The topological polar surface area (TPSA) is 89.8 Å². The van der Waals surface area contributed by atoms with Gasteiger partial charge in [-0.05, 0) is 29.8 Å². The molecule has 7 nitrogen and oxygen atoms in total. The summed E-state index contributed by atoms with van der Waals surface area (Å²) in [6.45, 7) is -0.106. The lowest BCUT2D eigenvalue weighted by molar-refractivity contribution is -0.384. The summed E-state index contributed by atoms with van der Waals surface area (Å²) in [5.74, 6) is -0.415. The molecular formula is C15H13F3N2O5S. The van der Waals surface area contributed by atoms with Gasteiger partial charge in [0.1, 0.15) is 5.75 Å². The molecule has 0 spiro atoms. The van der Waals surface area contributed by atoms with E-state index in [9.17, 15) is 31.7 Å². The number of alkyl halides is 3. The second-order valence-electron chi connectivity index (χ2n) is 5.20. The third-order valence-corrected chi connectivity index (χ3v) is 5.14. The first kappa shape index (κ1) is 19.7. The van der Waals surface area contributed by atoms with Gasteiger partial charge in [0.05, 0.1) is 9.82 Å². The number of non-ortho nitro benzene ring substituents is 1. The van der Waals surface area contributed by atoms with Crippen molar-refractivity contribution in [3.63, 3.8) is 0 Å². The molecule has 2 aromatic rings. The molecule has 0 aliphatic carbocycles. The van der Waals surface area contributed by atoms with Crippen molar-refractivity contribution in [2.45, 2.75) is 17.8 Å². The Bertz CT molecular complexity index is 881. The largest absolute Gasteiger partial charge is 0.573 e. The molecule has 26 heavy (non-hydrogen) atoms. The van der Waals surface area contributed by atoms with E-state index in [1.807, 2.05) is 0 Å². The predicted octanol–water partition coefficient (Wildman–Crippen LogP) is 3.31. The maximum absolute atomic E-state index is 12.5. The maximum atomic E-state index is 12.5. The summed E-state index contributed by atoms with van der Waals surface area (Å²) in [5, 5.41) is 10.6. The molecule has 11 heteroatoms. The van der Waals surface area contributed by atoms with Crippen molar-refractivity contribution in [3.8, 4) is 5.75 Å². The van der Waals surface area contributed by atoms with Crippen LogP contribution in [-0.2, 0) is 16.6 Å². The highest BCUT2D eigenvalue weighted by molar-refractivity contribution is 7.89. The molecule has 0 aliphatic rings. The molecule has 0 saturated carbocycles. The zero-order valence-corrected chi connectivity index (χ0v) is 14.1. The summed E-state index contributed by atoms with van der Waals surface area (Å²) < 4.78 is 66.0. The third kappa shape index (κ3) is 4.92. The predicted molar refractivity (Wildman–Crippen MR) is 84.9 cm³/mol. The summed E-state index contributed by atoms with van der Waals surface area (Å²) in [6.07, 6.45) is -4.81. The van der Waals surface area contributed by atoms with Crippen LogP contribution in [-0.4, -0.2) is 31.1 Å². The fourth-order valence-corrected chi connectivity index (χ4v) is 3.22. The van der Waals surface area contributed by atoms with Gasteiger partial charge in [0, 0.05) is 25.7 Å². The fraction of sp³-hybridized carbons (Fsp3) is 0.200. The number of hydrogen-bond acceptors (Lipinski definition) is 5. The van der Waals surface area contributed by atoms with Crippen LogP contribution in [0.5, 0.6) is 5.75 Å². The molecule has 140 valence electrons. The molecule has 0 N–H and O–H groups in total. The molecule has 0 bridgehead atoms. The van der Waals surface area contributed by atoms with E-state index in [0.29, 0.717) is 5.56 Å².